The number of hydrogen-bond acceptors (Lipinski definition) is 5. The van der Waals surface area contributed by atoms with E-state index in [1.165, 1.54) is 6.07 Å². The molecule has 0 amide bonds. The van der Waals surface area contributed by atoms with Gasteiger partial charge in [0, 0.05) is 25.5 Å². The summed E-state index contributed by atoms with van der Waals surface area (Å²) in [5.41, 5.74) is 6.90. The van der Waals surface area contributed by atoms with E-state index in [-0.39, 0.29) is 10.9 Å². The average molecular weight is 270 g/mol. The van der Waals surface area contributed by atoms with Crippen LogP contribution >= 0.6 is 0 Å². The highest BCUT2D eigenvalue weighted by atomic mass is 32.2. The molecule has 0 saturated carbocycles. The van der Waals surface area contributed by atoms with Crippen LogP contribution in [0.15, 0.2) is 23.1 Å². The number of para-hydroxylation sites is 1. The Hall–Kier alpha value is -1.27. The molecule has 1 aliphatic rings. The molecule has 0 radical (unpaired) electrons. The number of nitrogens with two attached hydrogens (primary N) is 1. The molecule has 0 spiro atoms. The van der Waals surface area contributed by atoms with Crippen LogP contribution in [0.4, 0.5) is 11.4 Å². The Labute approximate surface area is 107 Å². The molecule has 100 valence electrons. The van der Waals surface area contributed by atoms with Crippen LogP contribution in [0, 0.1) is 0 Å². The first-order valence-corrected chi connectivity index (χ1v) is 7.80. The van der Waals surface area contributed by atoms with Crippen molar-refractivity contribution >= 4 is 21.2 Å². The molecular weight excluding hydrogens is 252 g/mol. The summed E-state index contributed by atoms with van der Waals surface area (Å²) in [6, 6.07) is 5.32. The number of ether oxygens (including phenoxy) is 1. The van der Waals surface area contributed by atoms with Crippen molar-refractivity contribution < 1.29 is 13.2 Å². The third-order valence-corrected chi connectivity index (χ3v) is 4.20. The van der Waals surface area contributed by atoms with E-state index in [9.17, 15) is 8.42 Å². The number of nitrogens with one attached hydrogen (secondary N) is 1. The molecule has 1 aromatic carbocycles. The van der Waals surface area contributed by atoms with Gasteiger partial charge >= 0.3 is 0 Å². The van der Waals surface area contributed by atoms with Crippen LogP contribution in [0.1, 0.15) is 12.8 Å². The summed E-state index contributed by atoms with van der Waals surface area (Å²) in [4.78, 5) is 0.180. The fourth-order valence-electron chi connectivity index (χ4n) is 2.06. The average Bonchev–Trinajstić information content (AvgIpc) is 2.32. The molecule has 1 fully saturated rings. The standard InChI is InChI=1S/C12H18N2O3S/c1-18(15,16)11-4-2-3-10(12(11)13)14-9-5-7-17-8-6-9/h2-4,9,14H,5-8,13H2,1H3. The van der Waals surface area contributed by atoms with Crippen LogP contribution in [-0.4, -0.2) is 33.9 Å². The third-order valence-electron chi connectivity index (χ3n) is 3.05. The molecule has 18 heavy (non-hydrogen) atoms. The Kier molecular flexibility index (Phi) is 3.77. The molecule has 3 N–H and O–H groups in total. The van der Waals surface area contributed by atoms with Gasteiger partial charge < -0.3 is 15.8 Å². The molecule has 2 rings (SSSR count). The van der Waals surface area contributed by atoms with Crippen LogP contribution in [0.5, 0.6) is 0 Å². The maximum atomic E-state index is 11.6. The van der Waals surface area contributed by atoms with Crippen LogP contribution in [0.3, 0.4) is 0 Å². The zero-order valence-electron chi connectivity index (χ0n) is 10.3. The predicted molar refractivity (Wildman–Crippen MR) is 71.4 cm³/mol. The number of hydrogen-bond donors (Lipinski definition) is 2. The number of anilines is 2. The lowest BCUT2D eigenvalue weighted by molar-refractivity contribution is 0.0904. The maximum Gasteiger partial charge on any atom is 0.177 e. The summed E-state index contributed by atoms with van der Waals surface area (Å²) in [7, 11) is -3.29. The quantitative estimate of drug-likeness (QED) is 0.808. The van der Waals surface area contributed by atoms with Gasteiger partial charge in [0.25, 0.3) is 0 Å². The molecule has 5 nitrogen and oxygen atoms in total. The van der Waals surface area contributed by atoms with E-state index < -0.39 is 9.84 Å². The highest BCUT2D eigenvalue weighted by Gasteiger charge is 2.18. The first kappa shape index (κ1) is 13.2. The Bertz CT molecular complexity index is 522. The number of sulfone groups is 1. The van der Waals surface area contributed by atoms with Crippen molar-refractivity contribution in [2.75, 3.05) is 30.5 Å². The topological polar surface area (TPSA) is 81.4 Å². The van der Waals surface area contributed by atoms with E-state index in [1.54, 1.807) is 12.1 Å². The zero-order valence-corrected chi connectivity index (χ0v) is 11.2. The van der Waals surface area contributed by atoms with Gasteiger partial charge in [-0.25, -0.2) is 8.42 Å². The fraction of sp³-hybridized carbons (Fsp3) is 0.500. The van der Waals surface area contributed by atoms with Crippen LogP contribution < -0.4 is 11.1 Å². The van der Waals surface area contributed by atoms with Gasteiger partial charge in [-0.1, -0.05) is 6.07 Å². The zero-order chi connectivity index (χ0) is 13.2. The number of benzene rings is 1. The molecule has 0 unspecified atom stereocenters. The lowest BCUT2D eigenvalue weighted by Gasteiger charge is -2.25. The van der Waals surface area contributed by atoms with E-state index in [4.69, 9.17) is 10.5 Å². The van der Waals surface area contributed by atoms with Gasteiger partial charge in [0.2, 0.25) is 0 Å². The SMILES string of the molecule is CS(=O)(=O)c1cccc(NC2CCOCC2)c1N. The highest BCUT2D eigenvalue weighted by Crippen LogP contribution is 2.28. The Morgan fingerprint density at radius 2 is 2.00 bits per heavy atom. The van der Waals surface area contributed by atoms with Crippen molar-refractivity contribution in [3.63, 3.8) is 0 Å². The van der Waals surface area contributed by atoms with Crippen LogP contribution in [-0.2, 0) is 14.6 Å². The minimum Gasteiger partial charge on any atom is -0.396 e. The van der Waals surface area contributed by atoms with Gasteiger partial charge in [-0.3, -0.25) is 0 Å². The van der Waals surface area contributed by atoms with Crippen molar-refractivity contribution in [3.05, 3.63) is 18.2 Å². The number of nitrogen functional groups attached to an aromatic ring is 1. The van der Waals surface area contributed by atoms with E-state index in [2.05, 4.69) is 5.32 Å². The van der Waals surface area contributed by atoms with Gasteiger partial charge in [0.1, 0.15) is 0 Å². The summed E-state index contributed by atoms with van der Waals surface area (Å²) in [6.07, 6.45) is 2.97. The summed E-state index contributed by atoms with van der Waals surface area (Å²) in [6.45, 7) is 1.45. The molecule has 1 aliphatic heterocycles. The van der Waals surface area contributed by atoms with Crippen molar-refractivity contribution in [2.45, 2.75) is 23.8 Å². The van der Waals surface area contributed by atoms with Gasteiger partial charge in [0.15, 0.2) is 9.84 Å². The Balaban J connectivity index is 2.23. The molecule has 6 heteroatoms. The fourth-order valence-corrected chi connectivity index (χ4v) is 2.89. The molecular formula is C12H18N2O3S. The van der Waals surface area contributed by atoms with Gasteiger partial charge in [0.05, 0.1) is 16.3 Å². The largest absolute Gasteiger partial charge is 0.396 e. The summed E-state index contributed by atoms with van der Waals surface area (Å²) < 4.78 is 28.4. The monoisotopic (exact) mass is 270 g/mol. The molecule has 1 heterocycles. The van der Waals surface area contributed by atoms with Gasteiger partial charge in [-0.2, -0.15) is 0 Å². The van der Waals surface area contributed by atoms with Crippen molar-refractivity contribution in [3.8, 4) is 0 Å². The minimum atomic E-state index is -3.29. The van der Waals surface area contributed by atoms with E-state index >= 15 is 0 Å². The second kappa shape index (κ2) is 5.16. The molecule has 1 aromatic rings. The third kappa shape index (κ3) is 2.94. The Morgan fingerprint density at radius 1 is 1.33 bits per heavy atom. The van der Waals surface area contributed by atoms with Crippen molar-refractivity contribution in [1.29, 1.82) is 0 Å². The smallest absolute Gasteiger partial charge is 0.177 e. The van der Waals surface area contributed by atoms with Gasteiger partial charge in [-0.15, -0.1) is 0 Å². The van der Waals surface area contributed by atoms with Crippen LogP contribution in [0.2, 0.25) is 0 Å². The molecule has 0 aliphatic carbocycles. The van der Waals surface area contributed by atoms with Crippen molar-refractivity contribution in [1.82, 2.24) is 0 Å². The second-order valence-corrected chi connectivity index (χ2v) is 6.50. The first-order chi connectivity index (χ1) is 8.48. The summed E-state index contributed by atoms with van der Waals surface area (Å²) in [5.74, 6) is 0. The molecule has 1 saturated heterocycles. The second-order valence-electron chi connectivity index (χ2n) is 4.52. The Morgan fingerprint density at radius 3 is 2.61 bits per heavy atom. The summed E-state index contributed by atoms with van der Waals surface area (Å²) in [5, 5.41) is 3.29. The van der Waals surface area contributed by atoms with E-state index in [0.29, 0.717) is 11.4 Å². The van der Waals surface area contributed by atoms with E-state index in [1.807, 2.05) is 0 Å². The van der Waals surface area contributed by atoms with Crippen LogP contribution in [0.25, 0.3) is 0 Å². The predicted octanol–water partition coefficient (Wildman–Crippen LogP) is 1.26. The maximum absolute atomic E-state index is 11.6. The van der Waals surface area contributed by atoms with Crippen molar-refractivity contribution in [2.24, 2.45) is 0 Å². The lowest BCUT2D eigenvalue weighted by atomic mass is 10.1. The van der Waals surface area contributed by atoms with E-state index in [0.717, 1.165) is 32.3 Å². The molecule has 0 bridgehead atoms. The first-order valence-electron chi connectivity index (χ1n) is 5.91. The molecule has 0 atom stereocenters. The number of rotatable bonds is 3. The minimum absolute atomic E-state index is 0.180. The highest BCUT2D eigenvalue weighted by molar-refractivity contribution is 7.90. The van der Waals surface area contributed by atoms with Gasteiger partial charge in [-0.05, 0) is 25.0 Å². The normalized spacial score (nSPS) is 17.6. The summed E-state index contributed by atoms with van der Waals surface area (Å²) >= 11 is 0. The molecule has 0 aromatic heterocycles. The lowest BCUT2D eigenvalue weighted by Crippen LogP contribution is -2.28.